The largest absolute Gasteiger partial charge is 0.350 e. The Morgan fingerprint density at radius 3 is 2.71 bits per heavy atom. The van der Waals surface area contributed by atoms with Crippen molar-refractivity contribution in [2.75, 3.05) is 6.54 Å². The molecule has 112 valence electrons. The van der Waals surface area contributed by atoms with Gasteiger partial charge < -0.3 is 9.88 Å². The SMILES string of the molecule is CCCn1cc(Br)cc1C(=O)NCC(C)c1ccccc1. The first kappa shape index (κ1) is 15.8. The van der Waals surface area contributed by atoms with E-state index in [4.69, 9.17) is 0 Å². The Balaban J connectivity index is 1.99. The monoisotopic (exact) mass is 348 g/mol. The molecule has 0 fully saturated rings. The van der Waals surface area contributed by atoms with Gasteiger partial charge in [-0.05, 0) is 39.9 Å². The molecule has 2 rings (SSSR count). The van der Waals surface area contributed by atoms with Crippen LogP contribution in [0.15, 0.2) is 47.1 Å². The van der Waals surface area contributed by atoms with Crippen LogP contribution in [0.3, 0.4) is 0 Å². The van der Waals surface area contributed by atoms with Crippen molar-refractivity contribution in [3.63, 3.8) is 0 Å². The second kappa shape index (κ2) is 7.46. The number of amides is 1. The summed E-state index contributed by atoms with van der Waals surface area (Å²) in [5.74, 6) is 0.283. The lowest BCUT2D eigenvalue weighted by Gasteiger charge is -2.14. The van der Waals surface area contributed by atoms with E-state index in [-0.39, 0.29) is 5.91 Å². The van der Waals surface area contributed by atoms with E-state index >= 15 is 0 Å². The van der Waals surface area contributed by atoms with Crippen LogP contribution in [0.5, 0.6) is 0 Å². The third-order valence-electron chi connectivity index (χ3n) is 3.50. The van der Waals surface area contributed by atoms with Crippen LogP contribution >= 0.6 is 15.9 Å². The zero-order valence-electron chi connectivity index (χ0n) is 12.5. The fraction of sp³-hybridized carbons (Fsp3) is 0.353. The average molecular weight is 349 g/mol. The number of benzene rings is 1. The van der Waals surface area contributed by atoms with Crippen LogP contribution < -0.4 is 5.32 Å². The van der Waals surface area contributed by atoms with E-state index in [1.807, 2.05) is 35.0 Å². The summed E-state index contributed by atoms with van der Waals surface area (Å²) in [6, 6.07) is 12.1. The Hall–Kier alpha value is -1.55. The lowest BCUT2D eigenvalue weighted by molar-refractivity contribution is 0.0942. The van der Waals surface area contributed by atoms with Gasteiger partial charge in [0.15, 0.2) is 0 Å². The predicted octanol–water partition coefficient (Wildman–Crippen LogP) is 4.19. The highest BCUT2D eigenvalue weighted by Gasteiger charge is 2.14. The third kappa shape index (κ3) is 4.21. The van der Waals surface area contributed by atoms with Crippen molar-refractivity contribution in [2.24, 2.45) is 0 Å². The van der Waals surface area contributed by atoms with Crippen LogP contribution in [0.1, 0.15) is 42.2 Å². The van der Waals surface area contributed by atoms with Gasteiger partial charge in [0.2, 0.25) is 0 Å². The molecule has 2 aromatic rings. The van der Waals surface area contributed by atoms with Crippen LogP contribution in [0, 0.1) is 0 Å². The maximum Gasteiger partial charge on any atom is 0.267 e. The van der Waals surface area contributed by atoms with Gasteiger partial charge in [0.05, 0.1) is 0 Å². The topological polar surface area (TPSA) is 34.0 Å². The molecule has 1 unspecified atom stereocenters. The van der Waals surface area contributed by atoms with Gasteiger partial charge in [0.1, 0.15) is 5.69 Å². The van der Waals surface area contributed by atoms with Gasteiger partial charge in [-0.2, -0.15) is 0 Å². The number of carbonyl (C=O) groups excluding carboxylic acids is 1. The molecule has 0 spiro atoms. The molecule has 21 heavy (non-hydrogen) atoms. The highest BCUT2D eigenvalue weighted by atomic mass is 79.9. The minimum absolute atomic E-state index is 0.0167. The lowest BCUT2D eigenvalue weighted by Crippen LogP contribution is -2.29. The standard InChI is InChI=1S/C17H21BrN2O/c1-3-9-20-12-15(18)10-16(20)17(21)19-11-13(2)14-7-5-4-6-8-14/h4-8,10,12-13H,3,9,11H2,1-2H3,(H,19,21). The van der Waals surface area contributed by atoms with E-state index in [1.165, 1.54) is 5.56 Å². The summed E-state index contributed by atoms with van der Waals surface area (Å²) >= 11 is 3.44. The number of nitrogens with zero attached hydrogens (tertiary/aromatic N) is 1. The number of halogens is 1. The molecule has 1 N–H and O–H groups in total. The average Bonchev–Trinajstić information content (AvgIpc) is 2.86. The van der Waals surface area contributed by atoms with Crippen molar-refractivity contribution in [3.8, 4) is 0 Å². The molecule has 3 nitrogen and oxygen atoms in total. The predicted molar refractivity (Wildman–Crippen MR) is 89.6 cm³/mol. The van der Waals surface area contributed by atoms with Gasteiger partial charge in [0, 0.05) is 23.8 Å². The first-order chi connectivity index (χ1) is 10.1. The summed E-state index contributed by atoms with van der Waals surface area (Å²) in [4.78, 5) is 12.3. The molecule has 0 aliphatic carbocycles. The minimum Gasteiger partial charge on any atom is -0.350 e. The maximum absolute atomic E-state index is 12.3. The molecule has 0 saturated carbocycles. The van der Waals surface area contributed by atoms with E-state index in [1.54, 1.807) is 0 Å². The second-order valence-electron chi connectivity index (χ2n) is 5.26. The van der Waals surface area contributed by atoms with E-state index in [2.05, 4.69) is 47.2 Å². The van der Waals surface area contributed by atoms with Crippen LogP contribution in [0.2, 0.25) is 0 Å². The quantitative estimate of drug-likeness (QED) is 0.834. The van der Waals surface area contributed by atoms with Gasteiger partial charge in [-0.15, -0.1) is 0 Å². The molecule has 0 aliphatic heterocycles. The highest BCUT2D eigenvalue weighted by molar-refractivity contribution is 9.10. The van der Waals surface area contributed by atoms with Gasteiger partial charge in [-0.25, -0.2) is 0 Å². The smallest absolute Gasteiger partial charge is 0.267 e. The minimum atomic E-state index is -0.0167. The summed E-state index contributed by atoms with van der Waals surface area (Å²) in [6.07, 6.45) is 2.96. The molecule has 0 bridgehead atoms. The van der Waals surface area contributed by atoms with Crippen LogP contribution in [0.25, 0.3) is 0 Å². The summed E-state index contributed by atoms with van der Waals surface area (Å²) in [7, 11) is 0. The molecule has 1 heterocycles. The molecule has 1 atom stereocenters. The Bertz CT molecular complexity index is 592. The van der Waals surface area contributed by atoms with E-state index < -0.39 is 0 Å². The second-order valence-corrected chi connectivity index (χ2v) is 6.17. The van der Waals surface area contributed by atoms with Crippen LogP contribution in [-0.2, 0) is 6.54 Å². The third-order valence-corrected chi connectivity index (χ3v) is 3.93. The maximum atomic E-state index is 12.3. The van der Waals surface area contributed by atoms with Crippen molar-refractivity contribution < 1.29 is 4.79 Å². The number of carbonyl (C=O) groups is 1. The van der Waals surface area contributed by atoms with Gasteiger partial charge in [-0.1, -0.05) is 44.2 Å². The fourth-order valence-electron chi connectivity index (χ4n) is 2.33. The molecular formula is C17H21BrN2O. The van der Waals surface area contributed by atoms with Crippen molar-refractivity contribution in [1.29, 1.82) is 0 Å². The van der Waals surface area contributed by atoms with Crippen molar-refractivity contribution in [2.45, 2.75) is 32.7 Å². The van der Waals surface area contributed by atoms with Crippen molar-refractivity contribution in [1.82, 2.24) is 9.88 Å². The molecule has 1 aromatic heterocycles. The highest BCUT2D eigenvalue weighted by Crippen LogP contribution is 2.17. The van der Waals surface area contributed by atoms with E-state index in [9.17, 15) is 4.79 Å². The molecule has 4 heteroatoms. The number of nitrogens with one attached hydrogen (secondary N) is 1. The normalized spacial score (nSPS) is 12.1. The molecular weight excluding hydrogens is 328 g/mol. The number of rotatable bonds is 6. The Labute approximate surface area is 134 Å². The van der Waals surface area contributed by atoms with Crippen molar-refractivity contribution in [3.05, 3.63) is 58.3 Å². The summed E-state index contributed by atoms with van der Waals surface area (Å²) < 4.78 is 2.93. The number of hydrogen-bond donors (Lipinski definition) is 1. The van der Waals surface area contributed by atoms with Gasteiger partial charge >= 0.3 is 0 Å². The van der Waals surface area contributed by atoms with Crippen LogP contribution in [-0.4, -0.2) is 17.0 Å². The van der Waals surface area contributed by atoms with E-state index in [0.717, 1.165) is 17.4 Å². The first-order valence-corrected chi connectivity index (χ1v) is 8.10. The summed E-state index contributed by atoms with van der Waals surface area (Å²) in [5.41, 5.74) is 1.95. The molecule has 1 aromatic carbocycles. The Kier molecular flexibility index (Phi) is 5.62. The molecule has 1 amide bonds. The summed E-state index contributed by atoms with van der Waals surface area (Å²) in [5, 5.41) is 3.03. The number of aromatic nitrogens is 1. The van der Waals surface area contributed by atoms with Crippen molar-refractivity contribution >= 4 is 21.8 Å². The zero-order valence-corrected chi connectivity index (χ0v) is 14.1. The van der Waals surface area contributed by atoms with Crippen LogP contribution in [0.4, 0.5) is 0 Å². The number of aryl methyl sites for hydroxylation is 1. The zero-order chi connectivity index (χ0) is 15.2. The molecule has 0 aliphatic rings. The lowest BCUT2D eigenvalue weighted by atomic mass is 10.0. The summed E-state index contributed by atoms with van der Waals surface area (Å²) in [6.45, 7) is 5.71. The first-order valence-electron chi connectivity index (χ1n) is 7.30. The Morgan fingerprint density at radius 2 is 2.05 bits per heavy atom. The Morgan fingerprint density at radius 1 is 1.33 bits per heavy atom. The van der Waals surface area contributed by atoms with Gasteiger partial charge in [0.25, 0.3) is 5.91 Å². The van der Waals surface area contributed by atoms with Gasteiger partial charge in [-0.3, -0.25) is 4.79 Å². The fourth-order valence-corrected chi connectivity index (χ4v) is 2.79. The number of hydrogen-bond acceptors (Lipinski definition) is 1. The molecule has 0 radical (unpaired) electrons. The van der Waals surface area contributed by atoms with E-state index in [0.29, 0.717) is 18.2 Å². The molecule has 0 saturated heterocycles.